The third kappa shape index (κ3) is 4.74. The Balaban J connectivity index is 1.60. The molecule has 1 aromatic carbocycles. The second kappa shape index (κ2) is 9.45. The van der Waals surface area contributed by atoms with Gasteiger partial charge in [0.1, 0.15) is 5.69 Å². The van der Waals surface area contributed by atoms with E-state index in [9.17, 15) is 22.8 Å². The number of nitriles is 1. The maximum Gasteiger partial charge on any atom is 0.417 e. The maximum atomic E-state index is 13.6. The first kappa shape index (κ1) is 25.5. The summed E-state index contributed by atoms with van der Waals surface area (Å²) in [7, 11) is 3.34. The Hall–Kier alpha value is -3.61. The number of amides is 2. The molecule has 36 heavy (non-hydrogen) atoms. The molecule has 0 radical (unpaired) electrons. The molecule has 1 aromatic heterocycles. The molecule has 2 saturated heterocycles. The van der Waals surface area contributed by atoms with Crippen molar-refractivity contribution in [1.82, 2.24) is 14.8 Å². The first-order valence-corrected chi connectivity index (χ1v) is 11.8. The highest BCUT2D eigenvalue weighted by atomic mass is 19.4. The number of likely N-dealkylation sites (tertiary alicyclic amines) is 1. The fraction of sp³-hybridized carbons (Fsp3) is 0.462. The van der Waals surface area contributed by atoms with E-state index in [4.69, 9.17) is 5.26 Å². The van der Waals surface area contributed by atoms with Crippen LogP contribution in [0.3, 0.4) is 0 Å². The number of carbonyl (C=O) groups excluding carboxylic acids is 2. The highest BCUT2D eigenvalue weighted by Crippen LogP contribution is 2.47. The van der Waals surface area contributed by atoms with Crippen molar-refractivity contribution in [3.63, 3.8) is 0 Å². The van der Waals surface area contributed by atoms with Gasteiger partial charge in [-0.1, -0.05) is 6.07 Å². The number of nitrogens with zero attached hydrogens (tertiary/aromatic N) is 5. The number of piperidine rings is 1. The van der Waals surface area contributed by atoms with Crippen LogP contribution in [0, 0.1) is 29.6 Å². The van der Waals surface area contributed by atoms with Gasteiger partial charge in [-0.3, -0.25) is 9.59 Å². The minimum absolute atomic E-state index is 0.0812. The molecule has 3 heterocycles. The molecule has 7 nitrogen and oxygen atoms in total. The molecule has 2 aliphatic rings. The highest BCUT2D eigenvalue weighted by Gasteiger charge is 2.52. The quantitative estimate of drug-likeness (QED) is 0.643. The fourth-order valence-electron chi connectivity index (χ4n) is 5.36. The smallest absolute Gasteiger partial charge is 0.370 e. The van der Waals surface area contributed by atoms with Gasteiger partial charge in [-0.15, -0.1) is 0 Å². The molecule has 1 atom stereocenters. The Bertz CT molecular complexity index is 1210. The molecule has 2 aliphatic heterocycles. The first-order valence-electron chi connectivity index (χ1n) is 11.8. The van der Waals surface area contributed by atoms with Crippen LogP contribution in [0.2, 0.25) is 0 Å². The van der Waals surface area contributed by atoms with Gasteiger partial charge in [-0.05, 0) is 50.1 Å². The zero-order valence-electron chi connectivity index (χ0n) is 20.5. The van der Waals surface area contributed by atoms with Crippen molar-refractivity contribution >= 4 is 17.5 Å². The number of aryl methyl sites for hydroxylation is 1. The number of halogens is 3. The number of hydrogen-bond acceptors (Lipinski definition) is 5. The van der Waals surface area contributed by atoms with E-state index >= 15 is 0 Å². The lowest BCUT2D eigenvalue weighted by atomic mass is 9.70. The largest absolute Gasteiger partial charge is 0.417 e. The van der Waals surface area contributed by atoms with Crippen molar-refractivity contribution < 1.29 is 22.8 Å². The fourth-order valence-corrected chi connectivity index (χ4v) is 5.36. The second-order valence-electron chi connectivity index (χ2n) is 9.82. The number of benzene rings is 1. The number of hydrogen-bond donors (Lipinski definition) is 0. The molecule has 2 fully saturated rings. The standard InChI is InChI=1S/C26H28F3N5O2/c1-17-5-4-6-22(31-17)24(36)33-11-9-25(10-12-33)16-34(15-21(25)23(35)32(2)3)19-8-7-18(14-30)20(13-19)26(27,28)29/h4-8,13,21H,9-12,15-16H2,1-3H3. The van der Waals surface area contributed by atoms with Crippen molar-refractivity contribution in [2.45, 2.75) is 25.9 Å². The molecule has 0 N–H and O–H groups in total. The minimum atomic E-state index is -4.66. The van der Waals surface area contributed by atoms with E-state index in [1.165, 1.54) is 17.0 Å². The van der Waals surface area contributed by atoms with Crippen LogP contribution in [0.15, 0.2) is 36.4 Å². The predicted octanol–water partition coefficient (Wildman–Crippen LogP) is 3.73. The number of carbonyl (C=O) groups is 2. The van der Waals surface area contributed by atoms with Crippen LogP contribution < -0.4 is 4.90 Å². The Kier molecular flexibility index (Phi) is 6.69. The van der Waals surface area contributed by atoms with Gasteiger partial charge in [0, 0.05) is 57.1 Å². The molecule has 1 spiro atoms. The second-order valence-corrected chi connectivity index (χ2v) is 9.82. The third-order valence-corrected chi connectivity index (χ3v) is 7.33. The third-order valence-electron chi connectivity index (χ3n) is 7.33. The Morgan fingerprint density at radius 2 is 1.86 bits per heavy atom. The van der Waals surface area contributed by atoms with E-state index in [0.717, 1.165) is 11.8 Å². The van der Waals surface area contributed by atoms with Gasteiger partial charge in [-0.25, -0.2) is 4.98 Å². The summed E-state index contributed by atoms with van der Waals surface area (Å²) in [6, 6.07) is 10.6. The van der Waals surface area contributed by atoms with Gasteiger partial charge in [0.05, 0.1) is 23.1 Å². The SMILES string of the molecule is Cc1cccc(C(=O)N2CCC3(CC2)CN(c2ccc(C#N)c(C(F)(F)F)c2)CC3C(=O)N(C)C)n1. The maximum absolute atomic E-state index is 13.6. The molecule has 10 heteroatoms. The molecule has 190 valence electrons. The van der Waals surface area contributed by atoms with Crippen molar-refractivity contribution in [3.05, 3.63) is 58.9 Å². The molecule has 1 unspecified atom stereocenters. The van der Waals surface area contributed by atoms with Crippen LogP contribution >= 0.6 is 0 Å². The van der Waals surface area contributed by atoms with Gasteiger partial charge < -0.3 is 14.7 Å². The first-order chi connectivity index (χ1) is 16.9. The van der Waals surface area contributed by atoms with E-state index in [1.54, 1.807) is 37.2 Å². The van der Waals surface area contributed by atoms with Gasteiger partial charge in [-0.2, -0.15) is 18.4 Å². The predicted molar refractivity (Wildman–Crippen MR) is 127 cm³/mol. The summed E-state index contributed by atoms with van der Waals surface area (Å²) in [6.07, 6.45) is -3.56. The van der Waals surface area contributed by atoms with E-state index in [2.05, 4.69) is 4.98 Å². The Morgan fingerprint density at radius 3 is 2.44 bits per heavy atom. The minimum Gasteiger partial charge on any atom is -0.370 e. The summed E-state index contributed by atoms with van der Waals surface area (Å²) >= 11 is 0. The summed E-state index contributed by atoms with van der Waals surface area (Å²) in [4.78, 5) is 35.6. The topological polar surface area (TPSA) is 80.5 Å². The average molecular weight is 500 g/mol. The number of aromatic nitrogens is 1. The normalized spacial score (nSPS) is 19.3. The zero-order valence-corrected chi connectivity index (χ0v) is 20.5. The molecule has 2 aromatic rings. The van der Waals surface area contributed by atoms with Crippen LogP contribution in [0.25, 0.3) is 0 Å². The summed E-state index contributed by atoms with van der Waals surface area (Å²) in [6.45, 7) is 3.35. The van der Waals surface area contributed by atoms with E-state index in [0.29, 0.717) is 43.9 Å². The van der Waals surface area contributed by atoms with Crippen molar-refractivity contribution in [2.24, 2.45) is 11.3 Å². The van der Waals surface area contributed by atoms with E-state index in [-0.39, 0.29) is 18.4 Å². The number of alkyl halides is 3. The Morgan fingerprint density at radius 1 is 1.17 bits per heavy atom. The number of anilines is 1. The molecular weight excluding hydrogens is 471 g/mol. The lowest BCUT2D eigenvalue weighted by molar-refractivity contribution is -0.138. The summed E-state index contributed by atoms with van der Waals surface area (Å²) in [5, 5.41) is 9.13. The summed E-state index contributed by atoms with van der Waals surface area (Å²) in [5.41, 5.74) is -0.445. The lowest BCUT2D eigenvalue weighted by Crippen LogP contribution is -2.49. The number of pyridine rings is 1. The van der Waals surface area contributed by atoms with Crippen LogP contribution in [-0.2, 0) is 11.0 Å². The van der Waals surface area contributed by atoms with Gasteiger partial charge >= 0.3 is 6.18 Å². The average Bonchev–Trinajstić information content (AvgIpc) is 3.21. The van der Waals surface area contributed by atoms with E-state index in [1.807, 2.05) is 17.9 Å². The van der Waals surface area contributed by atoms with Crippen molar-refractivity contribution in [3.8, 4) is 6.07 Å². The van der Waals surface area contributed by atoms with Gasteiger partial charge in [0.25, 0.3) is 5.91 Å². The molecule has 4 rings (SSSR count). The van der Waals surface area contributed by atoms with Gasteiger partial charge in [0.15, 0.2) is 0 Å². The van der Waals surface area contributed by atoms with Crippen molar-refractivity contribution in [1.29, 1.82) is 5.26 Å². The zero-order chi connectivity index (χ0) is 26.3. The van der Waals surface area contributed by atoms with Gasteiger partial charge in [0.2, 0.25) is 5.91 Å². The molecule has 2 amide bonds. The molecule has 0 saturated carbocycles. The molecular formula is C26H28F3N5O2. The number of rotatable bonds is 3. The Labute approximate surface area is 208 Å². The van der Waals surface area contributed by atoms with Crippen LogP contribution in [0.1, 0.15) is 40.2 Å². The van der Waals surface area contributed by atoms with Crippen LogP contribution in [0.4, 0.5) is 18.9 Å². The van der Waals surface area contributed by atoms with E-state index < -0.39 is 28.6 Å². The summed E-state index contributed by atoms with van der Waals surface area (Å²) in [5.74, 6) is -0.671. The highest BCUT2D eigenvalue weighted by molar-refractivity contribution is 5.92. The molecule has 0 aliphatic carbocycles. The summed E-state index contributed by atoms with van der Waals surface area (Å²) < 4.78 is 40.7. The molecule has 0 bridgehead atoms. The lowest BCUT2D eigenvalue weighted by Gasteiger charge is -2.42. The van der Waals surface area contributed by atoms with Crippen molar-refractivity contribution in [2.75, 3.05) is 45.2 Å². The van der Waals surface area contributed by atoms with Crippen LogP contribution in [0.5, 0.6) is 0 Å². The monoisotopic (exact) mass is 499 g/mol. The van der Waals surface area contributed by atoms with Crippen LogP contribution in [-0.4, -0.2) is 66.9 Å².